The molecule has 92 valence electrons. The number of fused-ring (bicyclic) bond motifs is 1. The third-order valence-electron chi connectivity index (χ3n) is 3.08. The molecule has 0 aromatic heterocycles. The van der Waals surface area contributed by atoms with E-state index in [1.54, 1.807) is 12.1 Å². The Morgan fingerprint density at radius 1 is 1.47 bits per heavy atom. The molecule has 0 spiro atoms. The Labute approximate surface area is 101 Å². The molecule has 1 aromatic rings. The van der Waals surface area contributed by atoms with E-state index >= 15 is 0 Å². The summed E-state index contributed by atoms with van der Waals surface area (Å²) in [6, 6.07) is 5.22. The molecule has 4 heteroatoms. The van der Waals surface area contributed by atoms with E-state index in [1.165, 1.54) is 0 Å². The van der Waals surface area contributed by atoms with Gasteiger partial charge in [-0.15, -0.1) is 0 Å². The highest BCUT2D eigenvalue weighted by Crippen LogP contribution is 2.33. The van der Waals surface area contributed by atoms with E-state index < -0.39 is 5.97 Å². The Hall–Kier alpha value is -1.71. The zero-order valence-corrected chi connectivity index (χ0v) is 10.4. The number of hydrogen-bond acceptors (Lipinski definition) is 3. The second kappa shape index (κ2) is 3.95. The summed E-state index contributed by atoms with van der Waals surface area (Å²) in [7, 11) is 2.04. The van der Waals surface area contributed by atoms with Gasteiger partial charge in [0.15, 0.2) is 0 Å². The van der Waals surface area contributed by atoms with Crippen LogP contribution >= 0.6 is 0 Å². The third-order valence-corrected chi connectivity index (χ3v) is 3.08. The van der Waals surface area contributed by atoms with Crippen LogP contribution in [-0.2, 0) is 0 Å². The minimum atomic E-state index is -0.888. The van der Waals surface area contributed by atoms with Gasteiger partial charge in [-0.1, -0.05) is 13.8 Å². The molecule has 0 fully saturated rings. The maximum absolute atomic E-state index is 10.9. The first-order valence-electron chi connectivity index (χ1n) is 5.71. The Bertz CT molecular complexity index is 455. The number of nitrogens with zero attached hydrogens (tertiary/aromatic N) is 1. The van der Waals surface area contributed by atoms with Gasteiger partial charge in [-0.2, -0.15) is 0 Å². The van der Waals surface area contributed by atoms with E-state index in [0.29, 0.717) is 5.56 Å². The Kier molecular flexibility index (Phi) is 2.73. The summed E-state index contributed by atoms with van der Waals surface area (Å²) < 4.78 is 0. The van der Waals surface area contributed by atoms with E-state index in [-0.39, 0.29) is 5.41 Å². The number of aromatic carboxylic acids is 1. The van der Waals surface area contributed by atoms with Gasteiger partial charge in [0.25, 0.3) is 0 Å². The van der Waals surface area contributed by atoms with Crippen molar-refractivity contribution in [3.05, 3.63) is 23.8 Å². The van der Waals surface area contributed by atoms with Crippen molar-refractivity contribution in [2.75, 3.05) is 30.4 Å². The minimum Gasteiger partial charge on any atom is -0.478 e. The van der Waals surface area contributed by atoms with Gasteiger partial charge in [0.05, 0.1) is 16.9 Å². The largest absolute Gasteiger partial charge is 0.478 e. The van der Waals surface area contributed by atoms with Crippen LogP contribution in [0.5, 0.6) is 0 Å². The van der Waals surface area contributed by atoms with Gasteiger partial charge in [-0.3, -0.25) is 0 Å². The van der Waals surface area contributed by atoms with Gasteiger partial charge >= 0.3 is 5.97 Å². The van der Waals surface area contributed by atoms with Crippen molar-refractivity contribution in [2.24, 2.45) is 5.41 Å². The normalized spacial score (nSPS) is 17.9. The lowest BCUT2D eigenvalue weighted by Gasteiger charge is -2.27. The van der Waals surface area contributed by atoms with Gasteiger partial charge in [0, 0.05) is 20.1 Å². The second-order valence-electron chi connectivity index (χ2n) is 5.41. The predicted molar refractivity (Wildman–Crippen MR) is 68.9 cm³/mol. The van der Waals surface area contributed by atoms with Gasteiger partial charge in [-0.25, -0.2) is 4.79 Å². The first kappa shape index (κ1) is 11.8. The maximum Gasteiger partial charge on any atom is 0.335 e. The van der Waals surface area contributed by atoms with Gasteiger partial charge in [0.2, 0.25) is 0 Å². The number of rotatable bonds is 1. The molecule has 1 aliphatic heterocycles. The number of benzene rings is 1. The molecule has 0 bridgehead atoms. The first-order chi connectivity index (χ1) is 7.89. The molecular weight excluding hydrogens is 216 g/mol. The molecule has 1 heterocycles. The molecule has 2 N–H and O–H groups in total. The lowest BCUT2D eigenvalue weighted by atomic mass is 9.93. The predicted octanol–water partition coefficient (Wildman–Crippen LogP) is 2.27. The summed E-state index contributed by atoms with van der Waals surface area (Å²) in [4.78, 5) is 13.1. The van der Waals surface area contributed by atoms with Crippen LogP contribution in [0.4, 0.5) is 11.4 Å². The van der Waals surface area contributed by atoms with Crippen LogP contribution in [0.3, 0.4) is 0 Å². The van der Waals surface area contributed by atoms with Crippen LogP contribution in [0.15, 0.2) is 18.2 Å². The second-order valence-corrected chi connectivity index (χ2v) is 5.41. The van der Waals surface area contributed by atoms with Gasteiger partial charge < -0.3 is 15.3 Å². The van der Waals surface area contributed by atoms with Crippen LogP contribution in [0, 0.1) is 5.41 Å². The number of hydrogen-bond donors (Lipinski definition) is 2. The lowest BCUT2D eigenvalue weighted by molar-refractivity contribution is 0.0697. The van der Waals surface area contributed by atoms with E-state index in [9.17, 15) is 4.79 Å². The van der Waals surface area contributed by atoms with E-state index in [0.717, 1.165) is 24.5 Å². The summed E-state index contributed by atoms with van der Waals surface area (Å²) in [6.07, 6.45) is 0. The van der Waals surface area contributed by atoms with Crippen LogP contribution in [0.2, 0.25) is 0 Å². The van der Waals surface area contributed by atoms with Crippen LogP contribution in [-0.4, -0.2) is 31.2 Å². The van der Waals surface area contributed by atoms with Crippen molar-refractivity contribution in [1.82, 2.24) is 0 Å². The fraction of sp³-hybridized carbons (Fsp3) is 0.462. The number of anilines is 2. The molecule has 17 heavy (non-hydrogen) atoms. The monoisotopic (exact) mass is 234 g/mol. The fourth-order valence-corrected chi connectivity index (χ4v) is 2.26. The SMILES string of the molecule is CN1CC(C)(C)CNc2cc(C(=O)O)ccc21. The summed E-state index contributed by atoms with van der Waals surface area (Å²) in [6.45, 7) is 6.17. The lowest BCUT2D eigenvalue weighted by Crippen LogP contribution is -2.33. The van der Waals surface area contributed by atoms with E-state index in [4.69, 9.17) is 5.11 Å². The summed E-state index contributed by atoms with van der Waals surface area (Å²) in [5, 5.41) is 12.3. The molecule has 0 radical (unpaired) electrons. The van der Waals surface area contributed by atoms with Crippen LogP contribution < -0.4 is 10.2 Å². The van der Waals surface area contributed by atoms with Crippen molar-refractivity contribution in [2.45, 2.75) is 13.8 Å². The highest BCUT2D eigenvalue weighted by molar-refractivity contribution is 5.91. The molecular formula is C13H18N2O2. The first-order valence-corrected chi connectivity index (χ1v) is 5.71. The quantitative estimate of drug-likeness (QED) is 0.782. The molecule has 1 aliphatic rings. The summed E-state index contributed by atoms with van der Waals surface area (Å²) >= 11 is 0. The molecule has 0 aliphatic carbocycles. The van der Waals surface area contributed by atoms with Crippen molar-refractivity contribution in [3.63, 3.8) is 0 Å². The van der Waals surface area contributed by atoms with E-state index in [1.807, 2.05) is 13.1 Å². The molecule has 0 saturated carbocycles. The Balaban J connectivity index is 2.41. The van der Waals surface area contributed by atoms with Crippen molar-refractivity contribution < 1.29 is 9.90 Å². The molecule has 4 nitrogen and oxygen atoms in total. The van der Waals surface area contributed by atoms with Gasteiger partial charge in [0.1, 0.15) is 0 Å². The van der Waals surface area contributed by atoms with Crippen molar-refractivity contribution in [1.29, 1.82) is 0 Å². The van der Waals surface area contributed by atoms with Crippen molar-refractivity contribution in [3.8, 4) is 0 Å². The number of carbonyl (C=O) groups is 1. The highest BCUT2D eigenvalue weighted by Gasteiger charge is 2.25. The van der Waals surface area contributed by atoms with Crippen molar-refractivity contribution >= 4 is 17.3 Å². The van der Waals surface area contributed by atoms with Gasteiger partial charge in [-0.05, 0) is 23.6 Å². The molecule has 0 amide bonds. The number of nitrogens with one attached hydrogen (secondary N) is 1. The Morgan fingerprint density at radius 3 is 2.82 bits per heavy atom. The summed E-state index contributed by atoms with van der Waals surface area (Å²) in [5.74, 6) is -0.888. The molecule has 2 rings (SSSR count). The standard InChI is InChI=1S/C13H18N2O2/c1-13(2)7-14-10-6-9(12(16)17)4-5-11(10)15(3)8-13/h4-6,14H,7-8H2,1-3H3,(H,16,17). The summed E-state index contributed by atoms with van der Waals surface area (Å²) in [5.41, 5.74) is 2.44. The molecule has 0 unspecified atom stereocenters. The average Bonchev–Trinajstić information content (AvgIpc) is 2.35. The van der Waals surface area contributed by atoms with E-state index in [2.05, 4.69) is 24.1 Å². The average molecular weight is 234 g/mol. The topological polar surface area (TPSA) is 52.6 Å². The zero-order valence-electron chi connectivity index (χ0n) is 10.4. The number of carboxylic acid groups (broad SMARTS) is 1. The molecule has 0 saturated heterocycles. The third kappa shape index (κ3) is 2.35. The Morgan fingerprint density at radius 2 is 2.18 bits per heavy atom. The van der Waals surface area contributed by atoms with Crippen LogP contribution in [0.25, 0.3) is 0 Å². The maximum atomic E-state index is 10.9. The molecule has 1 aromatic carbocycles. The molecule has 0 atom stereocenters. The minimum absolute atomic E-state index is 0.164. The number of carboxylic acids is 1. The fourth-order valence-electron chi connectivity index (χ4n) is 2.26. The zero-order chi connectivity index (χ0) is 12.6. The highest BCUT2D eigenvalue weighted by atomic mass is 16.4. The smallest absolute Gasteiger partial charge is 0.335 e. The van der Waals surface area contributed by atoms with Crippen LogP contribution in [0.1, 0.15) is 24.2 Å².